The highest BCUT2D eigenvalue weighted by atomic mass is 79.9. The van der Waals surface area contributed by atoms with Crippen LogP contribution in [0.3, 0.4) is 0 Å². The molecular weight excluding hydrogens is 308 g/mol. The second-order valence-electron chi connectivity index (χ2n) is 5.09. The van der Waals surface area contributed by atoms with E-state index in [0.717, 1.165) is 15.6 Å². The summed E-state index contributed by atoms with van der Waals surface area (Å²) in [6.45, 7) is 2.12. The van der Waals surface area contributed by atoms with Crippen LogP contribution >= 0.6 is 27.7 Å². The average molecular weight is 325 g/mol. The van der Waals surface area contributed by atoms with Gasteiger partial charge in [0, 0.05) is 15.9 Å². The van der Waals surface area contributed by atoms with Crippen LogP contribution in [-0.4, -0.2) is 17.0 Å². The Morgan fingerprint density at radius 1 is 1.39 bits per heavy atom. The lowest BCUT2D eigenvalue weighted by molar-refractivity contribution is 0.535. The Hall–Kier alpha value is -0.480. The molecule has 0 bridgehead atoms. The van der Waals surface area contributed by atoms with Gasteiger partial charge in [-0.1, -0.05) is 34.1 Å². The smallest absolute Gasteiger partial charge is 0.161 e. The molecule has 4 heteroatoms. The van der Waals surface area contributed by atoms with Crippen molar-refractivity contribution < 1.29 is 0 Å². The number of hydrogen-bond acceptors (Lipinski definition) is 3. The second kappa shape index (κ2) is 5.25. The number of amidine groups is 1. The highest BCUT2D eigenvalue weighted by molar-refractivity contribution is 9.10. The van der Waals surface area contributed by atoms with Crippen molar-refractivity contribution in [1.82, 2.24) is 0 Å². The van der Waals surface area contributed by atoms with Crippen molar-refractivity contribution in [2.24, 2.45) is 10.9 Å². The molecule has 1 heterocycles. The zero-order chi connectivity index (χ0) is 12.5. The summed E-state index contributed by atoms with van der Waals surface area (Å²) in [5.41, 5.74) is 2.42. The van der Waals surface area contributed by atoms with Gasteiger partial charge in [0.15, 0.2) is 5.17 Å². The monoisotopic (exact) mass is 324 g/mol. The quantitative estimate of drug-likeness (QED) is 0.825. The summed E-state index contributed by atoms with van der Waals surface area (Å²) in [7, 11) is 0. The fourth-order valence-corrected chi connectivity index (χ4v) is 4.33. The number of aryl methyl sites for hydroxylation is 1. The Morgan fingerprint density at radius 3 is 3.11 bits per heavy atom. The zero-order valence-corrected chi connectivity index (χ0v) is 12.9. The highest BCUT2D eigenvalue weighted by Gasteiger charge is 2.30. The topological polar surface area (TPSA) is 24.4 Å². The number of benzene rings is 1. The Kier molecular flexibility index (Phi) is 3.66. The number of nitrogens with one attached hydrogen (secondary N) is 1. The first-order valence-corrected chi connectivity index (χ1v) is 8.24. The molecule has 0 radical (unpaired) electrons. The maximum Gasteiger partial charge on any atom is 0.161 e. The average Bonchev–Trinajstić information content (AvgIpc) is 2.80. The molecule has 18 heavy (non-hydrogen) atoms. The maximum atomic E-state index is 4.86. The van der Waals surface area contributed by atoms with E-state index >= 15 is 0 Å². The van der Waals surface area contributed by atoms with E-state index in [2.05, 4.69) is 46.4 Å². The van der Waals surface area contributed by atoms with Crippen LogP contribution in [0.15, 0.2) is 27.7 Å². The lowest BCUT2D eigenvalue weighted by Gasteiger charge is -2.24. The van der Waals surface area contributed by atoms with Crippen molar-refractivity contribution in [2.75, 3.05) is 11.1 Å². The molecular formula is C14H17BrN2S. The van der Waals surface area contributed by atoms with E-state index in [1.165, 1.54) is 36.3 Å². The zero-order valence-electron chi connectivity index (χ0n) is 10.4. The van der Waals surface area contributed by atoms with Crippen molar-refractivity contribution in [3.63, 3.8) is 0 Å². The summed E-state index contributed by atoms with van der Waals surface area (Å²) in [6, 6.07) is 6.89. The molecule has 1 aromatic carbocycles. The van der Waals surface area contributed by atoms with Gasteiger partial charge < -0.3 is 5.32 Å². The Labute approximate surface area is 121 Å². The third-order valence-corrected chi connectivity index (χ3v) is 5.34. The SMILES string of the molecule is Cc1cc(Br)ccc1NC1=NC2CCCC2CS1. The molecule has 0 spiro atoms. The number of anilines is 1. The number of fused-ring (bicyclic) bond motifs is 1. The second-order valence-corrected chi connectivity index (χ2v) is 7.01. The van der Waals surface area contributed by atoms with Crippen LogP contribution in [0.4, 0.5) is 5.69 Å². The summed E-state index contributed by atoms with van der Waals surface area (Å²) < 4.78 is 1.12. The molecule has 2 aliphatic rings. The number of nitrogens with zero attached hydrogens (tertiary/aromatic N) is 1. The van der Waals surface area contributed by atoms with Crippen molar-refractivity contribution in [1.29, 1.82) is 0 Å². The first-order chi connectivity index (χ1) is 8.72. The number of hydrogen-bond donors (Lipinski definition) is 1. The summed E-state index contributed by atoms with van der Waals surface area (Å²) in [4.78, 5) is 4.86. The third-order valence-electron chi connectivity index (χ3n) is 3.77. The van der Waals surface area contributed by atoms with E-state index in [4.69, 9.17) is 4.99 Å². The molecule has 2 atom stereocenters. The summed E-state index contributed by atoms with van der Waals surface area (Å²) in [5.74, 6) is 2.05. The Balaban J connectivity index is 1.76. The van der Waals surface area contributed by atoms with Gasteiger partial charge in [0.25, 0.3) is 0 Å². The summed E-state index contributed by atoms with van der Waals surface area (Å²) in [6.07, 6.45) is 3.99. The van der Waals surface area contributed by atoms with Gasteiger partial charge in [0.2, 0.25) is 0 Å². The minimum Gasteiger partial charge on any atom is -0.335 e. The predicted octanol–water partition coefficient (Wildman–Crippen LogP) is 4.44. The van der Waals surface area contributed by atoms with Crippen LogP contribution in [0.5, 0.6) is 0 Å². The molecule has 96 valence electrons. The van der Waals surface area contributed by atoms with Gasteiger partial charge in [-0.2, -0.15) is 0 Å². The molecule has 1 aliphatic carbocycles. The van der Waals surface area contributed by atoms with Gasteiger partial charge in [-0.05, 0) is 49.4 Å². The van der Waals surface area contributed by atoms with Gasteiger partial charge in [-0.3, -0.25) is 4.99 Å². The normalized spacial score (nSPS) is 26.7. The summed E-state index contributed by atoms with van der Waals surface area (Å²) in [5, 5.41) is 4.58. The largest absolute Gasteiger partial charge is 0.335 e. The molecule has 2 nitrogen and oxygen atoms in total. The fraction of sp³-hybridized carbons (Fsp3) is 0.500. The van der Waals surface area contributed by atoms with Gasteiger partial charge in [0.1, 0.15) is 0 Å². The molecule has 3 rings (SSSR count). The molecule has 2 unspecified atom stereocenters. The molecule has 1 N–H and O–H groups in total. The minimum absolute atomic E-state index is 0.574. The van der Waals surface area contributed by atoms with Crippen LogP contribution in [0.2, 0.25) is 0 Å². The van der Waals surface area contributed by atoms with Crippen molar-refractivity contribution in [2.45, 2.75) is 32.2 Å². The van der Waals surface area contributed by atoms with Crippen LogP contribution < -0.4 is 5.32 Å². The molecule has 0 aromatic heterocycles. The highest BCUT2D eigenvalue weighted by Crippen LogP contribution is 2.36. The predicted molar refractivity (Wildman–Crippen MR) is 83.5 cm³/mol. The summed E-state index contributed by atoms with van der Waals surface area (Å²) >= 11 is 5.37. The minimum atomic E-state index is 0.574. The van der Waals surface area contributed by atoms with Crippen molar-refractivity contribution in [3.8, 4) is 0 Å². The third kappa shape index (κ3) is 2.59. The van der Waals surface area contributed by atoms with Crippen molar-refractivity contribution in [3.05, 3.63) is 28.2 Å². The van der Waals surface area contributed by atoms with Gasteiger partial charge in [-0.15, -0.1) is 0 Å². The van der Waals surface area contributed by atoms with Gasteiger partial charge >= 0.3 is 0 Å². The van der Waals surface area contributed by atoms with Crippen LogP contribution in [-0.2, 0) is 0 Å². The first-order valence-electron chi connectivity index (χ1n) is 6.46. The lowest BCUT2D eigenvalue weighted by Crippen LogP contribution is -2.25. The number of rotatable bonds is 1. The molecule has 1 aromatic rings. The molecule has 1 saturated carbocycles. The van der Waals surface area contributed by atoms with E-state index in [0.29, 0.717) is 6.04 Å². The van der Waals surface area contributed by atoms with Crippen LogP contribution in [0.1, 0.15) is 24.8 Å². The Morgan fingerprint density at radius 2 is 2.28 bits per heavy atom. The van der Waals surface area contributed by atoms with Crippen molar-refractivity contribution >= 4 is 38.5 Å². The van der Waals surface area contributed by atoms with Gasteiger partial charge in [0.05, 0.1) is 6.04 Å². The van der Waals surface area contributed by atoms with Gasteiger partial charge in [-0.25, -0.2) is 0 Å². The van der Waals surface area contributed by atoms with E-state index in [-0.39, 0.29) is 0 Å². The van der Waals surface area contributed by atoms with E-state index in [1.807, 2.05) is 11.8 Å². The molecule has 1 fully saturated rings. The van der Waals surface area contributed by atoms with Crippen LogP contribution in [0.25, 0.3) is 0 Å². The van der Waals surface area contributed by atoms with E-state index in [1.54, 1.807) is 0 Å². The maximum absolute atomic E-state index is 4.86. The number of aliphatic imine (C=N–C) groups is 1. The standard InChI is InChI=1S/C14H17BrN2S/c1-9-7-11(15)5-6-12(9)16-14-17-13-4-2-3-10(13)8-18-14/h5-7,10,13H,2-4,8H2,1H3,(H,16,17). The van der Waals surface area contributed by atoms with Crippen LogP contribution in [0, 0.1) is 12.8 Å². The molecule has 0 saturated heterocycles. The Bertz CT molecular complexity index is 487. The van der Waals surface area contributed by atoms with E-state index in [9.17, 15) is 0 Å². The van der Waals surface area contributed by atoms with E-state index < -0.39 is 0 Å². The number of halogens is 1. The molecule has 0 amide bonds. The lowest BCUT2D eigenvalue weighted by atomic mass is 10.1. The first kappa shape index (κ1) is 12.5. The molecule has 1 aliphatic heterocycles. The fourth-order valence-electron chi connectivity index (χ4n) is 2.71. The number of thioether (sulfide) groups is 1.